The van der Waals surface area contributed by atoms with Gasteiger partial charge in [0.05, 0.1) is 11.7 Å². The molecule has 1 aromatic carbocycles. The second kappa shape index (κ2) is 8.13. The first-order valence-electron chi connectivity index (χ1n) is 11.4. The third-order valence-corrected chi connectivity index (χ3v) is 6.60. The van der Waals surface area contributed by atoms with Crippen molar-refractivity contribution in [3.63, 3.8) is 0 Å². The van der Waals surface area contributed by atoms with Crippen molar-refractivity contribution < 1.29 is 18.7 Å². The Hall–Kier alpha value is -4.85. The maximum absolute atomic E-state index is 12.2. The van der Waals surface area contributed by atoms with Crippen LogP contribution in [0.15, 0.2) is 51.9 Å². The van der Waals surface area contributed by atoms with Crippen LogP contribution in [0.25, 0.3) is 11.1 Å². The number of amides is 1. The normalized spacial score (nSPS) is 16.2. The van der Waals surface area contributed by atoms with Crippen LogP contribution in [0.2, 0.25) is 0 Å². The number of aryl methyl sites for hydroxylation is 1. The van der Waals surface area contributed by atoms with Crippen molar-refractivity contribution in [3.05, 3.63) is 70.0 Å². The van der Waals surface area contributed by atoms with Crippen molar-refractivity contribution in [1.82, 2.24) is 15.0 Å². The minimum Gasteiger partial charge on any atom is -0.456 e. The van der Waals surface area contributed by atoms with E-state index in [1.165, 1.54) is 6.20 Å². The number of anilines is 2. The van der Waals surface area contributed by atoms with Crippen LogP contribution in [0.5, 0.6) is 11.5 Å². The third-order valence-electron chi connectivity index (χ3n) is 6.60. The summed E-state index contributed by atoms with van der Waals surface area (Å²) in [6.07, 6.45) is 3.71. The lowest BCUT2D eigenvalue weighted by Gasteiger charge is -2.44. The minimum absolute atomic E-state index is 0.271. The van der Waals surface area contributed by atoms with Gasteiger partial charge in [0, 0.05) is 49.8 Å². The molecule has 11 nitrogen and oxygen atoms in total. The number of nitrogens with one attached hydrogen (secondary N) is 2. The van der Waals surface area contributed by atoms with Gasteiger partial charge in [0.25, 0.3) is 0 Å². The van der Waals surface area contributed by atoms with Gasteiger partial charge in [-0.1, -0.05) is 0 Å². The van der Waals surface area contributed by atoms with E-state index in [4.69, 9.17) is 13.9 Å². The molecule has 6 rings (SSSR count). The quantitative estimate of drug-likeness (QED) is 0.441. The van der Waals surface area contributed by atoms with Crippen molar-refractivity contribution >= 4 is 28.8 Å². The number of ether oxygens (including phenoxy) is 2. The standard InChI is InChI=1S/C25H20N6O5/c1-14-9-16(10-19-21(14)29-23(32)35-19)34-18-11-20(28-13-15(18)12-26)31-7-4-25(5-8-31)17-3-2-6-27-22(17)30-24(33)36-25/h2-3,6,9-11,13H,4-5,7-8H2,1H3,(H,29,32)(H,27,30,33). The summed E-state index contributed by atoms with van der Waals surface area (Å²) in [5.74, 6) is 1.38. The van der Waals surface area contributed by atoms with Crippen molar-refractivity contribution in [1.29, 1.82) is 5.26 Å². The number of nitriles is 1. The van der Waals surface area contributed by atoms with E-state index in [-0.39, 0.29) is 5.56 Å². The first kappa shape index (κ1) is 21.7. The highest BCUT2D eigenvalue weighted by atomic mass is 16.6. The molecular weight excluding hydrogens is 464 g/mol. The summed E-state index contributed by atoms with van der Waals surface area (Å²) in [6, 6.07) is 10.9. The number of oxazole rings is 1. The maximum atomic E-state index is 12.2. The average molecular weight is 484 g/mol. The number of hydrogen-bond acceptors (Lipinski definition) is 9. The van der Waals surface area contributed by atoms with E-state index in [1.54, 1.807) is 24.4 Å². The molecule has 4 aromatic rings. The second-order valence-electron chi connectivity index (χ2n) is 8.78. The number of pyridine rings is 2. The lowest BCUT2D eigenvalue weighted by Crippen LogP contribution is -2.48. The monoisotopic (exact) mass is 484 g/mol. The fourth-order valence-electron chi connectivity index (χ4n) is 4.84. The van der Waals surface area contributed by atoms with Crippen molar-refractivity contribution in [3.8, 4) is 17.6 Å². The summed E-state index contributed by atoms with van der Waals surface area (Å²) in [5.41, 5.74) is 2.13. The molecule has 5 heterocycles. The molecule has 0 unspecified atom stereocenters. The zero-order valence-corrected chi connectivity index (χ0v) is 19.2. The molecule has 0 aliphatic carbocycles. The fourth-order valence-corrected chi connectivity index (χ4v) is 4.84. The number of fused-ring (bicyclic) bond motifs is 3. The fraction of sp³-hybridized carbons (Fsp3) is 0.240. The number of aromatic nitrogens is 3. The SMILES string of the molecule is Cc1cc(Oc2cc(N3CCC4(CC3)OC(=O)Nc3ncccc34)ncc2C#N)cc2oc(=O)[nH]c12. The molecular formula is C25H20N6O5. The van der Waals surface area contributed by atoms with Gasteiger partial charge in [0.15, 0.2) is 5.58 Å². The molecule has 1 fully saturated rings. The molecule has 1 amide bonds. The van der Waals surface area contributed by atoms with Gasteiger partial charge in [0.1, 0.15) is 40.4 Å². The Morgan fingerprint density at radius 2 is 2.03 bits per heavy atom. The van der Waals surface area contributed by atoms with Gasteiger partial charge in [0.2, 0.25) is 0 Å². The van der Waals surface area contributed by atoms with E-state index >= 15 is 0 Å². The van der Waals surface area contributed by atoms with Crippen LogP contribution in [0, 0.1) is 18.3 Å². The summed E-state index contributed by atoms with van der Waals surface area (Å²) >= 11 is 0. The zero-order chi connectivity index (χ0) is 24.9. The highest BCUT2D eigenvalue weighted by Gasteiger charge is 2.45. The first-order valence-corrected chi connectivity index (χ1v) is 11.4. The van der Waals surface area contributed by atoms with Crippen LogP contribution in [-0.4, -0.2) is 34.1 Å². The largest absolute Gasteiger partial charge is 0.456 e. The molecule has 2 N–H and O–H groups in total. The van der Waals surface area contributed by atoms with E-state index in [2.05, 4.69) is 31.2 Å². The van der Waals surface area contributed by atoms with E-state index in [0.717, 1.165) is 11.1 Å². The summed E-state index contributed by atoms with van der Waals surface area (Å²) in [5, 5.41) is 12.3. The summed E-state index contributed by atoms with van der Waals surface area (Å²) in [7, 11) is 0. The molecule has 2 aliphatic rings. The van der Waals surface area contributed by atoms with Gasteiger partial charge in [-0.2, -0.15) is 5.26 Å². The average Bonchev–Trinajstić information content (AvgIpc) is 3.25. The minimum atomic E-state index is -0.748. The van der Waals surface area contributed by atoms with E-state index in [9.17, 15) is 14.9 Å². The predicted octanol–water partition coefficient (Wildman–Crippen LogP) is 3.94. The number of hydrogen-bond donors (Lipinski definition) is 2. The molecule has 36 heavy (non-hydrogen) atoms. The van der Waals surface area contributed by atoms with E-state index in [1.807, 2.05) is 19.1 Å². The van der Waals surface area contributed by atoms with Gasteiger partial charge in [-0.3, -0.25) is 10.3 Å². The molecule has 0 atom stereocenters. The maximum Gasteiger partial charge on any atom is 0.417 e. The molecule has 0 bridgehead atoms. The number of aromatic amines is 1. The van der Waals surface area contributed by atoms with Gasteiger partial charge < -0.3 is 18.8 Å². The topological polar surface area (TPSA) is 146 Å². The molecule has 3 aromatic heterocycles. The van der Waals surface area contributed by atoms with Crippen molar-refractivity contribution in [2.75, 3.05) is 23.3 Å². The number of H-pyrrole nitrogens is 1. The van der Waals surface area contributed by atoms with Crippen LogP contribution in [0.4, 0.5) is 16.4 Å². The molecule has 0 radical (unpaired) electrons. The molecule has 11 heteroatoms. The Morgan fingerprint density at radius 1 is 1.19 bits per heavy atom. The molecule has 1 spiro atoms. The Bertz CT molecular complexity index is 1610. The van der Waals surface area contributed by atoms with E-state index < -0.39 is 17.5 Å². The summed E-state index contributed by atoms with van der Waals surface area (Å²) in [6.45, 7) is 2.97. The number of carbonyl (C=O) groups is 1. The van der Waals surface area contributed by atoms with Crippen LogP contribution < -0.4 is 20.7 Å². The molecule has 0 saturated carbocycles. The zero-order valence-electron chi connectivity index (χ0n) is 19.2. The van der Waals surface area contributed by atoms with Gasteiger partial charge in [-0.25, -0.2) is 19.6 Å². The Morgan fingerprint density at radius 3 is 2.83 bits per heavy atom. The number of carbonyl (C=O) groups excluding carboxylic acids is 1. The van der Waals surface area contributed by atoms with Crippen LogP contribution >= 0.6 is 0 Å². The number of nitrogens with zero attached hydrogens (tertiary/aromatic N) is 4. The smallest absolute Gasteiger partial charge is 0.417 e. The van der Waals surface area contributed by atoms with Crippen LogP contribution in [0.3, 0.4) is 0 Å². The summed E-state index contributed by atoms with van der Waals surface area (Å²) < 4.78 is 17.0. The summed E-state index contributed by atoms with van der Waals surface area (Å²) in [4.78, 5) is 37.2. The van der Waals surface area contributed by atoms with Gasteiger partial charge in [-0.15, -0.1) is 0 Å². The highest BCUT2D eigenvalue weighted by molar-refractivity contribution is 5.87. The van der Waals surface area contributed by atoms with Crippen LogP contribution in [-0.2, 0) is 10.3 Å². The number of benzene rings is 1. The number of piperidine rings is 1. The molecule has 180 valence electrons. The lowest BCUT2D eigenvalue weighted by molar-refractivity contribution is -0.00853. The Labute approximate surface area is 204 Å². The van der Waals surface area contributed by atoms with Crippen molar-refractivity contribution in [2.24, 2.45) is 0 Å². The Kier molecular flexibility index (Phi) is 4.89. The highest BCUT2D eigenvalue weighted by Crippen LogP contribution is 2.43. The van der Waals surface area contributed by atoms with Gasteiger partial charge >= 0.3 is 11.8 Å². The van der Waals surface area contributed by atoms with E-state index in [0.29, 0.717) is 60.2 Å². The third kappa shape index (κ3) is 3.60. The van der Waals surface area contributed by atoms with Crippen LogP contribution in [0.1, 0.15) is 29.5 Å². The van der Waals surface area contributed by atoms with Gasteiger partial charge in [-0.05, 0) is 30.7 Å². The first-order chi connectivity index (χ1) is 17.4. The molecule has 1 saturated heterocycles. The lowest BCUT2D eigenvalue weighted by atomic mass is 9.83. The predicted molar refractivity (Wildman–Crippen MR) is 128 cm³/mol. The van der Waals surface area contributed by atoms with Crippen molar-refractivity contribution in [2.45, 2.75) is 25.4 Å². The number of rotatable bonds is 3. The Balaban J connectivity index is 1.27. The molecule has 2 aliphatic heterocycles. The second-order valence-corrected chi connectivity index (χ2v) is 8.78.